The third-order valence-electron chi connectivity index (χ3n) is 4.29. The van der Waals surface area contributed by atoms with Crippen molar-refractivity contribution in [3.63, 3.8) is 0 Å². The van der Waals surface area contributed by atoms with Crippen LogP contribution in [0, 0.1) is 5.82 Å². The third kappa shape index (κ3) is 3.38. The highest BCUT2D eigenvalue weighted by molar-refractivity contribution is 8.00. The number of aromatic nitrogens is 3. The lowest BCUT2D eigenvalue weighted by Crippen LogP contribution is -2.36. The van der Waals surface area contributed by atoms with Crippen molar-refractivity contribution in [1.82, 2.24) is 20.5 Å². The van der Waals surface area contributed by atoms with Crippen molar-refractivity contribution >= 4 is 49.3 Å². The number of aromatic amines is 1. The standard InChI is InChI=1S/C16H15FN4O3S2/c17-9-1-2-13-11(5-9)12-6-18-21-16(15(12)20-13)25-7-14(22)19-10-3-4-26(23,24)8-10/h1-2,5-6,10,20H,3-4,7-8H2,(H,19,22). The van der Waals surface area contributed by atoms with Crippen LogP contribution in [0.1, 0.15) is 6.42 Å². The molecule has 4 rings (SSSR count). The zero-order chi connectivity index (χ0) is 18.3. The summed E-state index contributed by atoms with van der Waals surface area (Å²) in [5, 5.41) is 12.7. The Kier molecular flexibility index (Phi) is 4.31. The normalized spacial score (nSPS) is 19.2. The van der Waals surface area contributed by atoms with Gasteiger partial charge in [0.25, 0.3) is 0 Å². The molecular formula is C16H15FN4O3S2. The number of sulfone groups is 1. The lowest BCUT2D eigenvalue weighted by Gasteiger charge is -2.10. The number of rotatable bonds is 4. The summed E-state index contributed by atoms with van der Waals surface area (Å²) in [6.07, 6.45) is 2.00. The van der Waals surface area contributed by atoms with Crippen LogP contribution in [0.3, 0.4) is 0 Å². The SMILES string of the molecule is O=C(CSc1nncc2c1[nH]c1ccc(F)cc12)NC1CCS(=O)(=O)C1. The first kappa shape index (κ1) is 17.2. The summed E-state index contributed by atoms with van der Waals surface area (Å²) in [6.45, 7) is 0. The number of hydrogen-bond acceptors (Lipinski definition) is 6. The molecule has 1 fully saturated rings. The van der Waals surface area contributed by atoms with Crippen molar-refractivity contribution in [3.05, 3.63) is 30.2 Å². The van der Waals surface area contributed by atoms with Crippen molar-refractivity contribution in [2.75, 3.05) is 17.3 Å². The minimum Gasteiger partial charge on any atom is -0.352 e. The van der Waals surface area contributed by atoms with Gasteiger partial charge in [-0.25, -0.2) is 12.8 Å². The van der Waals surface area contributed by atoms with Gasteiger partial charge in [0.05, 0.1) is 29.0 Å². The number of H-pyrrole nitrogens is 1. The van der Waals surface area contributed by atoms with Gasteiger partial charge in [0.15, 0.2) is 9.84 Å². The van der Waals surface area contributed by atoms with Gasteiger partial charge in [-0.1, -0.05) is 11.8 Å². The molecule has 136 valence electrons. The van der Waals surface area contributed by atoms with Crippen LogP contribution >= 0.6 is 11.8 Å². The minimum atomic E-state index is -3.03. The highest BCUT2D eigenvalue weighted by Crippen LogP contribution is 2.30. The highest BCUT2D eigenvalue weighted by Gasteiger charge is 2.28. The molecule has 2 N–H and O–H groups in total. The summed E-state index contributed by atoms with van der Waals surface area (Å²) in [7, 11) is -3.03. The lowest BCUT2D eigenvalue weighted by molar-refractivity contribution is -0.119. The van der Waals surface area contributed by atoms with Crippen LogP contribution in [0.15, 0.2) is 29.4 Å². The molecule has 0 spiro atoms. The topological polar surface area (TPSA) is 105 Å². The predicted molar refractivity (Wildman–Crippen MR) is 97.3 cm³/mol. The molecule has 1 amide bonds. The van der Waals surface area contributed by atoms with Crippen LogP contribution in [0.25, 0.3) is 21.8 Å². The van der Waals surface area contributed by atoms with Crippen molar-refractivity contribution < 1.29 is 17.6 Å². The Labute approximate surface area is 152 Å². The van der Waals surface area contributed by atoms with E-state index in [1.807, 2.05) is 0 Å². The summed E-state index contributed by atoms with van der Waals surface area (Å²) in [6, 6.07) is 4.12. The fourth-order valence-electron chi connectivity index (χ4n) is 3.09. The highest BCUT2D eigenvalue weighted by atomic mass is 32.2. The number of thioether (sulfide) groups is 1. The second-order valence-corrected chi connectivity index (χ2v) is 9.40. The van der Waals surface area contributed by atoms with E-state index in [4.69, 9.17) is 0 Å². The van der Waals surface area contributed by atoms with Crippen LogP contribution in [0.2, 0.25) is 0 Å². The molecular weight excluding hydrogens is 379 g/mol. The molecule has 0 radical (unpaired) electrons. The van der Waals surface area contributed by atoms with E-state index in [0.717, 1.165) is 10.9 Å². The Morgan fingerprint density at radius 1 is 1.38 bits per heavy atom. The summed E-state index contributed by atoms with van der Waals surface area (Å²) < 4.78 is 36.4. The van der Waals surface area contributed by atoms with E-state index in [-0.39, 0.29) is 35.0 Å². The minimum absolute atomic E-state index is 0.00756. The van der Waals surface area contributed by atoms with Crippen LogP contribution in [0.5, 0.6) is 0 Å². The molecule has 3 heterocycles. The molecule has 1 aliphatic rings. The molecule has 1 aromatic carbocycles. The van der Waals surface area contributed by atoms with Gasteiger partial charge in [-0.3, -0.25) is 4.79 Å². The summed E-state index contributed by atoms with van der Waals surface area (Å²) in [4.78, 5) is 15.3. The predicted octanol–water partition coefficient (Wildman–Crippen LogP) is 1.65. The van der Waals surface area contributed by atoms with Crippen LogP contribution < -0.4 is 5.32 Å². The Bertz CT molecular complexity index is 1110. The van der Waals surface area contributed by atoms with Crippen molar-refractivity contribution in [1.29, 1.82) is 0 Å². The molecule has 0 bridgehead atoms. The zero-order valence-corrected chi connectivity index (χ0v) is 15.2. The maximum absolute atomic E-state index is 13.5. The average molecular weight is 394 g/mol. The number of halogens is 1. The maximum atomic E-state index is 13.5. The first-order valence-corrected chi connectivity index (χ1v) is 10.8. The Morgan fingerprint density at radius 2 is 2.23 bits per heavy atom. The van der Waals surface area contributed by atoms with Gasteiger partial charge in [-0.15, -0.1) is 5.10 Å². The number of benzene rings is 1. The van der Waals surface area contributed by atoms with Gasteiger partial charge < -0.3 is 10.3 Å². The number of carbonyl (C=O) groups excluding carboxylic acids is 1. The van der Waals surface area contributed by atoms with Gasteiger partial charge in [0.1, 0.15) is 10.8 Å². The van der Waals surface area contributed by atoms with E-state index < -0.39 is 9.84 Å². The van der Waals surface area contributed by atoms with E-state index >= 15 is 0 Å². The molecule has 1 atom stereocenters. The average Bonchev–Trinajstić information content (AvgIpc) is 3.12. The number of carbonyl (C=O) groups is 1. The van der Waals surface area contributed by atoms with Crippen molar-refractivity contribution in [2.45, 2.75) is 17.5 Å². The molecule has 1 saturated heterocycles. The monoisotopic (exact) mass is 394 g/mol. The Balaban J connectivity index is 1.50. The lowest BCUT2D eigenvalue weighted by atomic mass is 10.2. The van der Waals surface area contributed by atoms with Gasteiger partial charge in [-0.05, 0) is 24.6 Å². The fraction of sp³-hybridized carbons (Fsp3) is 0.312. The second-order valence-electron chi connectivity index (χ2n) is 6.21. The third-order valence-corrected chi connectivity index (χ3v) is 7.02. The fourth-order valence-corrected chi connectivity index (χ4v) is 5.52. The van der Waals surface area contributed by atoms with Gasteiger partial charge >= 0.3 is 0 Å². The van der Waals surface area contributed by atoms with E-state index in [9.17, 15) is 17.6 Å². The molecule has 3 aromatic rings. The molecule has 0 aliphatic carbocycles. The van der Waals surface area contributed by atoms with Crippen LogP contribution in [-0.4, -0.2) is 52.8 Å². The number of fused-ring (bicyclic) bond motifs is 3. The molecule has 1 unspecified atom stereocenters. The number of nitrogens with one attached hydrogen (secondary N) is 2. The molecule has 0 saturated carbocycles. The van der Waals surface area contributed by atoms with Gasteiger partial charge in [0, 0.05) is 22.3 Å². The molecule has 1 aliphatic heterocycles. The van der Waals surface area contributed by atoms with E-state index in [1.165, 1.54) is 23.9 Å². The Morgan fingerprint density at radius 3 is 3.00 bits per heavy atom. The maximum Gasteiger partial charge on any atom is 0.230 e. The summed E-state index contributed by atoms with van der Waals surface area (Å²) >= 11 is 1.20. The van der Waals surface area contributed by atoms with Crippen LogP contribution in [0.4, 0.5) is 4.39 Å². The number of hydrogen-bond donors (Lipinski definition) is 2. The summed E-state index contributed by atoms with van der Waals surface area (Å²) in [5.74, 6) is -0.393. The molecule has 7 nitrogen and oxygen atoms in total. The smallest absolute Gasteiger partial charge is 0.230 e. The largest absolute Gasteiger partial charge is 0.352 e. The number of amides is 1. The molecule has 2 aromatic heterocycles. The Hall–Kier alpha value is -2.20. The van der Waals surface area contributed by atoms with Crippen molar-refractivity contribution in [2.24, 2.45) is 0 Å². The summed E-state index contributed by atoms with van der Waals surface area (Å²) in [5.41, 5.74) is 1.46. The first-order valence-electron chi connectivity index (χ1n) is 7.96. The van der Waals surface area contributed by atoms with E-state index in [0.29, 0.717) is 22.3 Å². The quantitative estimate of drug-likeness (QED) is 0.652. The van der Waals surface area contributed by atoms with Gasteiger partial charge in [0.2, 0.25) is 5.91 Å². The second kappa shape index (κ2) is 6.51. The van der Waals surface area contributed by atoms with E-state index in [1.54, 1.807) is 12.3 Å². The molecule has 26 heavy (non-hydrogen) atoms. The van der Waals surface area contributed by atoms with Gasteiger partial charge in [-0.2, -0.15) is 5.10 Å². The zero-order valence-electron chi connectivity index (χ0n) is 13.5. The van der Waals surface area contributed by atoms with Crippen molar-refractivity contribution in [3.8, 4) is 0 Å². The first-order chi connectivity index (χ1) is 12.4. The van der Waals surface area contributed by atoms with Crippen LogP contribution in [-0.2, 0) is 14.6 Å². The van der Waals surface area contributed by atoms with E-state index in [2.05, 4.69) is 20.5 Å². The molecule has 10 heteroatoms. The number of nitrogens with zero attached hydrogens (tertiary/aromatic N) is 2.